The van der Waals surface area contributed by atoms with Gasteiger partial charge in [-0.15, -0.1) is 0 Å². The molecule has 0 bridgehead atoms. The maximum Gasteiger partial charge on any atom is 0.142 e. The summed E-state index contributed by atoms with van der Waals surface area (Å²) in [6.45, 7) is 2.00. The minimum atomic E-state index is -0.0429. The maximum absolute atomic E-state index is 9.22. The van der Waals surface area contributed by atoms with E-state index in [2.05, 4.69) is 15.9 Å². The summed E-state index contributed by atoms with van der Waals surface area (Å²) < 4.78 is 11.3. The van der Waals surface area contributed by atoms with Crippen molar-refractivity contribution in [1.29, 1.82) is 0 Å². The Labute approximate surface area is 98.1 Å². The normalized spacial score (nSPS) is 10.2. The Morgan fingerprint density at radius 2 is 1.73 bits per heavy atom. The first kappa shape index (κ1) is 12.3. The highest BCUT2D eigenvalue weighted by Crippen LogP contribution is 2.40. The van der Waals surface area contributed by atoms with Crippen LogP contribution in [-0.4, -0.2) is 19.3 Å². The Balaban J connectivity index is 3.41. The van der Waals surface area contributed by atoms with Crippen molar-refractivity contribution < 1.29 is 14.6 Å². The molecule has 4 heteroatoms. The molecule has 0 amide bonds. The number of halogens is 1. The first-order valence-corrected chi connectivity index (χ1v) is 5.51. The summed E-state index contributed by atoms with van der Waals surface area (Å²) in [4.78, 5) is 0. The van der Waals surface area contributed by atoms with Gasteiger partial charge in [-0.3, -0.25) is 0 Å². The van der Waals surface area contributed by atoms with Crippen molar-refractivity contribution in [2.24, 2.45) is 0 Å². The van der Waals surface area contributed by atoms with Gasteiger partial charge in [0.25, 0.3) is 0 Å². The van der Waals surface area contributed by atoms with E-state index in [9.17, 15) is 5.11 Å². The maximum atomic E-state index is 9.22. The van der Waals surface area contributed by atoms with Gasteiger partial charge in [-0.25, -0.2) is 0 Å². The summed E-state index contributed by atoms with van der Waals surface area (Å²) in [5.74, 6) is 1.40. The van der Waals surface area contributed by atoms with Crippen molar-refractivity contribution >= 4 is 15.9 Å². The largest absolute Gasteiger partial charge is 0.495 e. The van der Waals surface area contributed by atoms with Gasteiger partial charge in [0.1, 0.15) is 16.0 Å². The van der Waals surface area contributed by atoms with E-state index in [0.29, 0.717) is 5.75 Å². The number of rotatable bonds is 4. The standard InChI is InChI=1S/C11H15BrO3/c1-4-7-5-8(6-13)11(15-3)9(12)10(7)14-2/h5,13H,4,6H2,1-3H3. The average molecular weight is 275 g/mol. The molecule has 1 aromatic rings. The van der Waals surface area contributed by atoms with E-state index in [1.165, 1.54) is 0 Å². The van der Waals surface area contributed by atoms with Crippen LogP contribution in [0, 0.1) is 0 Å². The number of benzene rings is 1. The van der Waals surface area contributed by atoms with Crippen LogP contribution in [0.3, 0.4) is 0 Å². The van der Waals surface area contributed by atoms with E-state index in [-0.39, 0.29) is 6.61 Å². The van der Waals surface area contributed by atoms with Crippen LogP contribution in [0.5, 0.6) is 11.5 Å². The zero-order valence-corrected chi connectivity index (χ0v) is 10.7. The fourth-order valence-electron chi connectivity index (χ4n) is 1.55. The first-order chi connectivity index (χ1) is 7.19. The molecule has 0 aliphatic rings. The molecule has 1 N–H and O–H groups in total. The van der Waals surface area contributed by atoms with E-state index >= 15 is 0 Å². The van der Waals surface area contributed by atoms with Crippen LogP contribution < -0.4 is 9.47 Å². The van der Waals surface area contributed by atoms with Gasteiger partial charge in [-0.2, -0.15) is 0 Å². The predicted molar refractivity (Wildman–Crippen MR) is 62.5 cm³/mol. The van der Waals surface area contributed by atoms with Crippen molar-refractivity contribution in [3.05, 3.63) is 21.7 Å². The second-order valence-electron chi connectivity index (χ2n) is 3.09. The number of ether oxygens (including phenoxy) is 2. The summed E-state index contributed by atoms with van der Waals surface area (Å²) in [6, 6.07) is 1.91. The lowest BCUT2D eigenvalue weighted by Gasteiger charge is -2.15. The van der Waals surface area contributed by atoms with Crippen molar-refractivity contribution in [3.8, 4) is 11.5 Å². The van der Waals surface area contributed by atoms with Gasteiger partial charge in [-0.1, -0.05) is 6.92 Å². The van der Waals surface area contributed by atoms with Crippen LogP contribution in [0.25, 0.3) is 0 Å². The Morgan fingerprint density at radius 1 is 1.20 bits per heavy atom. The number of methoxy groups -OCH3 is 2. The topological polar surface area (TPSA) is 38.7 Å². The summed E-state index contributed by atoms with van der Waals surface area (Å²) in [5.41, 5.74) is 1.82. The molecule has 0 unspecified atom stereocenters. The fourth-order valence-corrected chi connectivity index (χ4v) is 2.38. The Morgan fingerprint density at radius 3 is 2.13 bits per heavy atom. The van der Waals surface area contributed by atoms with Crippen LogP contribution in [0.15, 0.2) is 10.5 Å². The molecule has 0 aromatic heterocycles. The molecule has 0 saturated heterocycles. The lowest BCUT2D eigenvalue weighted by Crippen LogP contribution is -1.99. The number of hydrogen-bond donors (Lipinski definition) is 1. The fraction of sp³-hybridized carbons (Fsp3) is 0.455. The molecule has 15 heavy (non-hydrogen) atoms. The minimum absolute atomic E-state index is 0.0429. The van der Waals surface area contributed by atoms with E-state index in [1.807, 2.05) is 13.0 Å². The average Bonchev–Trinajstić information content (AvgIpc) is 2.27. The Kier molecular flexibility index (Phi) is 4.42. The quantitative estimate of drug-likeness (QED) is 0.917. The number of aliphatic hydroxyl groups is 1. The SMILES string of the molecule is CCc1cc(CO)c(OC)c(Br)c1OC. The highest BCUT2D eigenvalue weighted by atomic mass is 79.9. The minimum Gasteiger partial charge on any atom is -0.495 e. The third-order valence-electron chi connectivity index (χ3n) is 2.29. The van der Waals surface area contributed by atoms with Gasteiger partial charge in [-0.05, 0) is 34.0 Å². The zero-order valence-electron chi connectivity index (χ0n) is 9.13. The van der Waals surface area contributed by atoms with Gasteiger partial charge >= 0.3 is 0 Å². The van der Waals surface area contributed by atoms with Crippen molar-refractivity contribution in [3.63, 3.8) is 0 Å². The zero-order chi connectivity index (χ0) is 11.4. The Hall–Kier alpha value is -0.740. The summed E-state index contributed by atoms with van der Waals surface area (Å²) in [7, 11) is 3.20. The number of aryl methyl sites for hydroxylation is 1. The third-order valence-corrected chi connectivity index (χ3v) is 3.01. The van der Waals surface area contributed by atoms with E-state index in [1.54, 1.807) is 14.2 Å². The monoisotopic (exact) mass is 274 g/mol. The molecule has 0 fully saturated rings. The highest BCUT2D eigenvalue weighted by molar-refractivity contribution is 9.10. The molecule has 0 spiro atoms. The van der Waals surface area contributed by atoms with Crippen LogP contribution in [0.2, 0.25) is 0 Å². The lowest BCUT2D eigenvalue weighted by atomic mass is 10.1. The van der Waals surface area contributed by atoms with Crippen molar-refractivity contribution in [1.82, 2.24) is 0 Å². The molecule has 0 radical (unpaired) electrons. The van der Waals surface area contributed by atoms with Crippen LogP contribution in [0.4, 0.5) is 0 Å². The molecular formula is C11H15BrO3. The smallest absolute Gasteiger partial charge is 0.142 e. The second-order valence-corrected chi connectivity index (χ2v) is 3.88. The van der Waals surface area contributed by atoms with Crippen LogP contribution in [-0.2, 0) is 13.0 Å². The molecule has 1 rings (SSSR count). The number of aliphatic hydroxyl groups excluding tert-OH is 1. The van der Waals surface area contributed by atoms with Crippen molar-refractivity contribution in [2.75, 3.05) is 14.2 Å². The van der Waals surface area contributed by atoms with Crippen molar-refractivity contribution in [2.45, 2.75) is 20.0 Å². The molecule has 0 atom stereocenters. The Bertz CT molecular complexity index is 320. The van der Waals surface area contributed by atoms with Gasteiger partial charge in [0.05, 0.1) is 20.8 Å². The van der Waals surface area contributed by atoms with Gasteiger partial charge < -0.3 is 14.6 Å². The molecule has 3 nitrogen and oxygen atoms in total. The predicted octanol–water partition coefficient (Wildman–Crippen LogP) is 2.52. The first-order valence-electron chi connectivity index (χ1n) is 4.72. The van der Waals surface area contributed by atoms with E-state index in [0.717, 1.165) is 27.8 Å². The van der Waals surface area contributed by atoms with E-state index in [4.69, 9.17) is 9.47 Å². The molecule has 0 aliphatic heterocycles. The number of hydrogen-bond acceptors (Lipinski definition) is 3. The molecule has 0 saturated carbocycles. The molecule has 0 heterocycles. The third kappa shape index (κ3) is 2.26. The molecule has 0 aliphatic carbocycles. The molecule has 84 valence electrons. The van der Waals surface area contributed by atoms with Crippen LogP contribution in [0.1, 0.15) is 18.1 Å². The second kappa shape index (κ2) is 5.37. The lowest BCUT2D eigenvalue weighted by molar-refractivity contribution is 0.272. The summed E-state index contributed by atoms with van der Waals surface area (Å²) >= 11 is 3.42. The van der Waals surface area contributed by atoms with Gasteiger partial charge in [0, 0.05) is 5.56 Å². The van der Waals surface area contributed by atoms with E-state index < -0.39 is 0 Å². The highest BCUT2D eigenvalue weighted by Gasteiger charge is 2.16. The molecule has 1 aromatic carbocycles. The van der Waals surface area contributed by atoms with Gasteiger partial charge in [0.15, 0.2) is 0 Å². The van der Waals surface area contributed by atoms with Gasteiger partial charge in [0.2, 0.25) is 0 Å². The van der Waals surface area contributed by atoms with Crippen LogP contribution >= 0.6 is 15.9 Å². The molecular weight excluding hydrogens is 260 g/mol. The summed E-state index contributed by atoms with van der Waals surface area (Å²) in [5, 5.41) is 9.22. The summed E-state index contributed by atoms with van der Waals surface area (Å²) in [6.07, 6.45) is 0.846.